The van der Waals surface area contributed by atoms with E-state index < -0.39 is 0 Å². The number of thioether (sulfide) groups is 1. The van der Waals surface area contributed by atoms with Gasteiger partial charge in [-0.1, -0.05) is 36.0 Å². The molecule has 2 aromatic heterocycles. The van der Waals surface area contributed by atoms with E-state index in [1.807, 2.05) is 58.8 Å². The summed E-state index contributed by atoms with van der Waals surface area (Å²) in [5, 5.41) is 3.88. The van der Waals surface area contributed by atoms with Crippen LogP contribution in [-0.2, 0) is 4.79 Å². The zero-order valence-electron chi connectivity index (χ0n) is 17.8. The van der Waals surface area contributed by atoms with Gasteiger partial charge in [-0.15, -0.1) is 0 Å². The fourth-order valence-corrected chi connectivity index (χ4v) is 4.20. The predicted molar refractivity (Wildman–Crippen MR) is 124 cm³/mol. The molecule has 7 heteroatoms. The molecule has 0 saturated heterocycles. The average molecular weight is 432 g/mol. The SMILES string of the molecule is Cc1cccc(-n2ccnc2SCC(=O)N[C@H](C)c2ccc(-n3ccnc3)cc2)c1C. The number of hydrogen-bond acceptors (Lipinski definition) is 4. The van der Waals surface area contributed by atoms with E-state index in [9.17, 15) is 4.79 Å². The first-order valence-corrected chi connectivity index (χ1v) is 11.1. The molecule has 2 heterocycles. The zero-order valence-corrected chi connectivity index (χ0v) is 18.6. The van der Waals surface area contributed by atoms with Crippen molar-refractivity contribution < 1.29 is 4.79 Å². The van der Waals surface area contributed by atoms with Crippen LogP contribution < -0.4 is 5.32 Å². The third kappa shape index (κ3) is 4.72. The van der Waals surface area contributed by atoms with Crippen LogP contribution in [0.3, 0.4) is 0 Å². The van der Waals surface area contributed by atoms with Gasteiger partial charge in [0.05, 0.1) is 23.8 Å². The minimum absolute atomic E-state index is 0.0216. The number of hydrogen-bond donors (Lipinski definition) is 1. The van der Waals surface area contributed by atoms with Crippen LogP contribution >= 0.6 is 11.8 Å². The van der Waals surface area contributed by atoms with Crippen molar-refractivity contribution in [2.45, 2.75) is 32.0 Å². The maximum atomic E-state index is 12.6. The van der Waals surface area contributed by atoms with Crippen LogP contribution in [0.2, 0.25) is 0 Å². The molecule has 158 valence electrons. The van der Waals surface area contributed by atoms with Crippen LogP contribution in [0.1, 0.15) is 29.7 Å². The number of nitrogens with zero attached hydrogens (tertiary/aromatic N) is 4. The fraction of sp³-hybridized carbons (Fsp3) is 0.208. The van der Waals surface area contributed by atoms with Gasteiger partial charge < -0.3 is 9.88 Å². The van der Waals surface area contributed by atoms with Gasteiger partial charge in [0.1, 0.15) is 0 Å². The first-order chi connectivity index (χ1) is 15.0. The van der Waals surface area contributed by atoms with Crippen LogP contribution in [-0.4, -0.2) is 30.8 Å². The van der Waals surface area contributed by atoms with E-state index in [1.54, 1.807) is 18.7 Å². The normalized spacial score (nSPS) is 12.0. The number of carbonyl (C=O) groups excluding carboxylic acids is 1. The van der Waals surface area contributed by atoms with Crippen molar-refractivity contribution >= 4 is 17.7 Å². The summed E-state index contributed by atoms with van der Waals surface area (Å²) in [6.07, 6.45) is 9.12. The van der Waals surface area contributed by atoms with Gasteiger partial charge in [0, 0.05) is 30.5 Å². The first-order valence-electron chi connectivity index (χ1n) is 10.1. The van der Waals surface area contributed by atoms with E-state index >= 15 is 0 Å². The number of aromatic nitrogens is 4. The van der Waals surface area contributed by atoms with Crippen LogP contribution in [0.4, 0.5) is 0 Å². The van der Waals surface area contributed by atoms with Gasteiger partial charge >= 0.3 is 0 Å². The largest absolute Gasteiger partial charge is 0.349 e. The highest BCUT2D eigenvalue weighted by Gasteiger charge is 2.14. The van der Waals surface area contributed by atoms with Crippen molar-refractivity contribution in [2.75, 3.05) is 5.75 Å². The Hall–Kier alpha value is -3.32. The molecule has 0 bridgehead atoms. The van der Waals surface area contributed by atoms with Crippen molar-refractivity contribution in [1.29, 1.82) is 0 Å². The first kappa shape index (κ1) is 20.9. The van der Waals surface area contributed by atoms with Gasteiger partial charge in [0.15, 0.2) is 5.16 Å². The van der Waals surface area contributed by atoms with Crippen molar-refractivity contribution in [3.8, 4) is 11.4 Å². The number of amides is 1. The smallest absolute Gasteiger partial charge is 0.230 e. The van der Waals surface area contributed by atoms with Crippen molar-refractivity contribution in [3.63, 3.8) is 0 Å². The summed E-state index contributed by atoms with van der Waals surface area (Å²) in [5.41, 5.74) is 5.62. The molecule has 6 nitrogen and oxygen atoms in total. The summed E-state index contributed by atoms with van der Waals surface area (Å²) in [4.78, 5) is 21.1. The summed E-state index contributed by atoms with van der Waals surface area (Å²) in [5.74, 6) is 0.283. The number of rotatable bonds is 7. The van der Waals surface area contributed by atoms with Crippen LogP contribution in [0.5, 0.6) is 0 Å². The Morgan fingerprint density at radius 1 is 1.10 bits per heavy atom. The Morgan fingerprint density at radius 3 is 2.65 bits per heavy atom. The number of carbonyl (C=O) groups is 1. The molecule has 1 atom stereocenters. The van der Waals surface area contributed by atoms with Crippen LogP contribution in [0, 0.1) is 13.8 Å². The Bertz CT molecular complexity index is 1170. The van der Waals surface area contributed by atoms with Crippen molar-refractivity contribution in [3.05, 3.63) is 90.3 Å². The van der Waals surface area contributed by atoms with Crippen molar-refractivity contribution in [1.82, 2.24) is 24.4 Å². The molecule has 4 aromatic rings. The zero-order chi connectivity index (χ0) is 21.8. The molecule has 0 fully saturated rings. The van der Waals surface area contributed by atoms with Gasteiger partial charge in [0.25, 0.3) is 0 Å². The lowest BCUT2D eigenvalue weighted by Crippen LogP contribution is -2.28. The van der Waals surface area contributed by atoms with E-state index in [4.69, 9.17) is 0 Å². The summed E-state index contributed by atoms with van der Waals surface area (Å²) in [6, 6.07) is 14.2. The molecule has 1 N–H and O–H groups in total. The highest BCUT2D eigenvalue weighted by molar-refractivity contribution is 7.99. The molecule has 2 aromatic carbocycles. The lowest BCUT2D eigenvalue weighted by atomic mass is 10.1. The van der Waals surface area contributed by atoms with Crippen molar-refractivity contribution in [2.24, 2.45) is 0 Å². The van der Waals surface area contributed by atoms with E-state index in [1.165, 1.54) is 22.9 Å². The third-order valence-electron chi connectivity index (χ3n) is 5.35. The molecule has 0 saturated carbocycles. The number of benzene rings is 2. The second-order valence-electron chi connectivity index (χ2n) is 7.44. The van der Waals surface area contributed by atoms with Gasteiger partial charge in [0.2, 0.25) is 5.91 Å². The summed E-state index contributed by atoms with van der Waals surface area (Å²) in [7, 11) is 0. The Balaban J connectivity index is 1.37. The predicted octanol–water partition coefficient (Wildman–Crippen LogP) is 4.64. The van der Waals surface area contributed by atoms with E-state index in [2.05, 4.69) is 41.3 Å². The molecule has 0 spiro atoms. The highest BCUT2D eigenvalue weighted by Crippen LogP contribution is 2.24. The minimum atomic E-state index is -0.0799. The molecular formula is C24H25N5OS. The van der Waals surface area contributed by atoms with Gasteiger partial charge in [-0.2, -0.15) is 0 Å². The molecule has 0 unspecified atom stereocenters. The minimum Gasteiger partial charge on any atom is -0.349 e. The number of aryl methyl sites for hydroxylation is 1. The second kappa shape index (κ2) is 9.22. The summed E-state index contributed by atoms with van der Waals surface area (Å²) in [6.45, 7) is 6.19. The lowest BCUT2D eigenvalue weighted by Gasteiger charge is -2.15. The maximum Gasteiger partial charge on any atom is 0.230 e. The molecule has 0 aliphatic carbocycles. The summed E-state index contributed by atoms with van der Waals surface area (Å²) >= 11 is 1.44. The molecule has 0 aliphatic heterocycles. The van der Waals surface area contributed by atoms with E-state index in [0.29, 0.717) is 5.75 Å². The fourth-order valence-electron chi connectivity index (χ4n) is 3.42. The lowest BCUT2D eigenvalue weighted by molar-refractivity contribution is -0.119. The van der Waals surface area contributed by atoms with Gasteiger partial charge in [-0.3, -0.25) is 9.36 Å². The van der Waals surface area contributed by atoms with Crippen LogP contribution in [0.25, 0.3) is 11.4 Å². The highest BCUT2D eigenvalue weighted by atomic mass is 32.2. The Morgan fingerprint density at radius 2 is 1.90 bits per heavy atom. The topological polar surface area (TPSA) is 64.7 Å². The molecule has 4 rings (SSSR count). The second-order valence-corrected chi connectivity index (χ2v) is 8.38. The van der Waals surface area contributed by atoms with Gasteiger partial charge in [-0.05, 0) is 55.7 Å². The van der Waals surface area contributed by atoms with Crippen LogP contribution in [0.15, 0.2) is 78.7 Å². The quantitative estimate of drug-likeness (QED) is 0.433. The number of imidazole rings is 2. The van der Waals surface area contributed by atoms with Gasteiger partial charge in [-0.25, -0.2) is 9.97 Å². The molecule has 31 heavy (non-hydrogen) atoms. The van der Waals surface area contributed by atoms with E-state index in [-0.39, 0.29) is 11.9 Å². The molecular weight excluding hydrogens is 406 g/mol. The third-order valence-corrected chi connectivity index (χ3v) is 6.31. The average Bonchev–Trinajstić information content (AvgIpc) is 3.46. The molecule has 0 aliphatic rings. The monoisotopic (exact) mass is 431 g/mol. The summed E-state index contributed by atoms with van der Waals surface area (Å²) < 4.78 is 3.99. The number of nitrogens with one attached hydrogen (secondary N) is 1. The molecule has 0 radical (unpaired) electrons. The van der Waals surface area contributed by atoms with E-state index in [0.717, 1.165) is 22.1 Å². The Kier molecular flexibility index (Phi) is 6.23. The maximum absolute atomic E-state index is 12.6. The Labute approximate surface area is 186 Å². The molecule has 1 amide bonds. The standard InChI is InChI=1S/C24H25N5OS/c1-17-5-4-6-22(18(17)2)29-14-12-26-24(29)31-15-23(30)27-19(3)20-7-9-21(10-8-20)28-13-11-25-16-28/h4-14,16,19H,15H2,1-3H3,(H,27,30)/t19-/m1/s1.